The molecule has 0 atom stereocenters. The Hall–Kier alpha value is -4.51. The van der Waals surface area contributed by atoms with E-state index in [0.29, 0.717) is 0 Å². The van der Waals surface area contributed by atoms with Crippen LogP contribution in [0.3, 0.4) is 0 Å². The number of hydrogen-bond donors (Lipinski definition) is 0. The quantitative estimate of drug-likeness (QED) is 0.180. The van der Waals surface area contributed by atoms with Crippen molar-refractivity contribution in [2.75, 3.05) is 0 Å². The van der Waals surface area contributed by atoms with Crippen molar-refractivity contribution in [2.24, 2.45) is 0 Å². The van der Waals surface area contributed by atoms with Crippen molar-refractivity contribution < 1.29 is 4.92 Å². The topological polar surface area (TPSA) is 61.0 Å². The van der Waals surface area contributed by atoms with E-state index in [4.69, 9.17) is 5.10 Å². The van der Waals surface area contributed by atoms with Gasteiger partial charge in [-0.15, -0.1) is 0 Å². The van der Waals surface area contributed by atoms with Crippen LogP contribution in [-0.4, -0.2) is 14.7 Å². The summed E-state index contributed by atoms with van der Waals surface area (Å²) in [5.41, 5.74) is 4.19. The average Bonchev–Trinajstić information content (AvgIpc) is 3.37. The summed E-state index contributed by atoms with van der Waals surface area (Å²) in [4.78, 5) is 10.6. The highest BCUT2D eigenvalue weighted by Crippen LogP contribution is 2.40. The minimum Gasteiger partial charge on any atom is -0.258 e. The molecule has 0 aliphatic heterocycles. The molecule has 0 saturated heterocycles. The Morgan fingerprint density at radius 1 is 0.636 bits per heavy atom. The van der Waals surface area contributed by atoms with Crippen LogP contribution in [0.2, 0.25) is 0 Å². The molecule has 0 aliphatic rings. The molecule has 33 heavy (non-hydrogen) atoms. The van der Waals surface area contributed by atoms with E-state index in [2.05, 4.69) is 36.4 Å². The summed E-state index contributed by atoms with van der Waals surface area (Å²) in [6.07, 6.45) is 1.98. The highest BCUT2D eigenvalue weighted by atomic mass is 16.6. The van der Waals surface area contributed by atoms with Gasteiger partial charge in [0.1, 0.15) is 5.54 Å². The third kappa shape index (κ3) is 3.59. The van der Waals surface area contributed by atoms with Gasteiger partial charge in [0, 0.05) is 23.9 Å². The summed E-state index contributed by atoms with van der Waals surface area (Å²) < 4.78 is 1.99. The van der Waals surface area contributed by atoms with Crippen LogP contribution in [0.25, 0.3) is 11.3 Å². The molecule has 5 nitrogen and oxygen atoms in total. The van der Waals surface area contributed by atoms with Gasteiger partial charge >= 0.3 is 0 Å². The monoisotopic (exact) mass is 431 g/mol. The fourth-order valence-electron chi connectivity index (χ4n) is 4.35. The second-order valence-electron chi connectivity index (χ2n) is 7.76. The van der Waals surface area contributed by atoms with Crippen LogP contribution in [0.5, 0.6) is 0 Å². The summed E-state index contributed by atoms with van der Waals surface area (Å²) in [7, 11) is 0. The number of nitro groups is 1. The van der Waals surface area contributed by atoms with Crippen molar-refractivity contribution >= 4 is 5.69 Å². The van der Waals surface area contributed by atoms with Crippen LogP contribution in [0, 0.1) is 10.1 Å². The van der Waals surface area contributed by atoms with Crippen LogP contribution in [0.1, 0.15) is 16.7 Å². The van der Waals surface area contributed by atoms with Crippen LogP contribution in [-0.2, 0) is 5.54 Å². The number of non-ortho nitro benzene ring substituents is 1. The Kier molecular flexibility index (Phi) is 5.29. The molecule has 1 heterocycles. The number of benzene rings is 4. The Balaban J connectivity index is 1.75. The molecule has 5 rings (SSSR count). The highest BCUT2D eigenvalue weighted by Gasteiger charge is 2.39. The van der Waals surface area contributed by atoms with Crippen molar-refractivity contribution in [1.29, 1.82) is 0 Å². The highest BCUT2D eigenvalue weighted by molar-refractivity contribution is 5.61. The zero-order chi connectivity index (χ0) is 22.7. The van der Waals surface area contributed by atoms with Crippen LogP contribution in [0.4, 0.5) is 5.69 Å². The zero-order valence-electron chi connectivity index (χ0n) is 17.8. The third-order valence-electron chi connectivity index (χ3n) is 5.88. The standard InChI is InChI=1S/C28H21N3O2/c32-31(33)26-18-16-22(17-19-26)27-20-21-30(29-27)28(23-10-4-1-5-11-23,24-12-6-2-7-13-24)25-14-8-3-9-15-25/h1-21H. The van der Waals surface area contributed by atoms with Gasteiger partial charge in [-0.3, -0.25) is 14.8 Å². The van der Waals surface area contributed by atoms with Gasteiger partial charge in [-0.2, -0.15) is 5.10 Å². The van der Waals surface area contributed by atoms with E-state index in [1.54, 1.807) is 12.1 Å². The maximum absolute atomic E-state index is 11.0. The lowest BCUT2D eigenvalue weighted by Crippen LogP contribution is -2.38. The zero-order valence-corrected chi connectivity index (χ0v) is 17.8. The number of nitrogens with zero attached hydrogens (tertiary/aromatic N) is 3. The molecule has 5 aromatic rings. The van der Waals surface area contributed by atoms with E-state index in [-0.39, 0.29) is 5.69 Å². The number of rotatable bonds is 6. The fourth-order valence-corrected chi connectivity index (χ4v) is 4.35. The van der Waals surface area contributed by atoms with Crippen molar-refractivity contribution in [1.82, 2.24) is 9.78 Å². The lowest BCUT2D eigenvalue weighted by atomic mass is 9.77. The first kappa shape index (κ1) is 20.4. The van der Waals surface area contributed by atoms with Gasteiger partial charge in [-0.25, -0.2) is 0 Å². The van der Waals surface area contributed by atoms with Gasteiger partial charge in [0.15, 0.2) is 0 Å². The lowest BCUT2D eigenvalue weighted by molar-refractivity contribution is -0.384. The summed E-state index contributed by atoms with van der Waals surface area (Å²) in [6, 6.07) is 39.4. The Morgan fingerprint density at radius 3 is 1.52 bits per heavy atom. The van der Waals surface area contributed by atoms with E-state index in [9.17, 15) is 10.1 Å². The lowest BCUT2D eigenvalue weighted by Gasteiger charge is -2.36. The molecule has 0 radical (unpaired) electrons. The third-order valence-corrected chi connectivity index (χ3v) is 5.88. The molecule has 0 aliphatic carbocycles. The first-order valence-electron chi connectivity index (χ1n) is 10.7. The predicted molar refractivity (Wildman–Crippen MR) is 129 cm³/mol. The van der Waals surface area contributed by atoms with E-state index < -0.39 is 10.5 Å². The van der Waals surface area contributed by atoms with Gasteiger partial charge in [-0.05, 0) is 34.9 Å². The van der Waals surface area contributed by atoms with Crippen molar-refractivity contribution in [3.05, 3.63) is 154 Å². The first-order chi connectivity index (χ1) is 16.2. The maximum Gasteiger partial charge on any atom is 0.269 e. The first-order valence-corrected chi connectivity index (χ1v) is 10.7. The van der Waals surface area contributed by atoms with Crippen molar-refractivity contribution in [3.8, 4) is 11.3 Å². The van der Waals surface area contributed by atoms with Gasteiger partial charge < -0.3 is 0 Å². The molecule has 0 N–H and O–H groups in total. The summed E-state index contributed by atoms with van der Waals surface area (Å²) in [5, 5.41) is 16.0. The molecule has 0 fully saturated rings. The minimum atomic E-state index is -0.692. The molecule has 5 heteroatoms. The van der Waals surface area contributed by atoms with Crippen LogP contribution < -0.4 is 0 Å². The summed E-state index contributed by atoms with van der Waals surface area (Å²) in [5.74, 6) is 0. The molecule has 4 aromatic carbocycles. The van der Waals surface area contributed by atoms with E-state index in [0.717, 1.165) is 27.9 Å². The van der Waals surface area contributed by atoms with E-state index in [1.807, 2.05) is 71.5 Å². The molecule has 1 aromatic heterocycles. The van der Waals surface area contributed by atoms with Crippen molar-refractivity contribution in [2.45, 2.75) is 5.54 Å². The number of aromatic nitrogens is 2. The van der Waals surface area contributed by atoms with Gasteiger partial charge in [0.2, 0.25) is 0 Å². The molecular formula is C28H21N3O2. The average molecular weight is 431 g/mol. The molecule has 0 amide bonds. The number of hydrogen-bond acceptors (Lipinski definition) is 3. The van der Waals surface area contributed by atoms with E-state index >= 15 is 0 Å². The molecule has 0 bridgehead atoms. The largest absolute Gasteiger partial charge is 0.269 e. The van der Waals surface area contributed by atoms with Crippen LogP contribution in [0.15, 0.2) is 128 Å². The van der Waals surface area contributed by atoms with E-state index in [1.165, 1.54) is 12.1 Å². The molecule has 0 saturated carbocycles. The molecular weight excluding hydrogens is 410 g/mol. The molecule has 160 valence electrons. The fraction of sp³-hybridized carbons (Fsp3) is 0.0357. The van der Waals surface area contributed by atoms with Gasteiger partial charge in [0.25, 0.3) is 5.69 Å². The minimum absolute atomic E-state index is 0.0605. The Morgan fingerprint density at radius 2 is 1.09 bits per heavy atom. The SMILES string of the molecule is O=[N+]([O-])c1ccc(-c2ccn(C(c3ccccc3)(c3ccccc3)c3ccccc3)n2)cc1. The number of nitro benzene ring substituents is 1. The molecule has 0 unspecified atom stereocenters. The summed E-state index contributed by atoms with van der Waals surface area (Å²) >= 11 is 0. The summed E-state index contributed by atoms with van der Waals surface area (Å²) in [6.45, 7) is 0. The second-order valence-corrected chi connectivity index (χ2v) is 7.76. The smallest absolute Gasteiger partial charge is 0.258 e. The molecule has 0 spiro atoms. The van der Waals surface area contributed by atoms with Gasteiger partial charge in [0.05, 0.1) is 10.6 Å². The second kappa shape index (κ2) is 8.55. The van der Waals surface area contributed by atoms with Crippen LogP contribution >= 0.6 is 0 Å². The normalized spacial score (nSPS) is 11.3. The van der Waals surface area contributed by atoms with Gasteiger partial charge in [-0.1, -0.05) is 91.0 Å². The Labute approximate surface area is 191 Å². The predicted octanol–water partition coefficient (Wildman–Crippen LogP) is 6.30. The maximum atomic E-state index is 11.0. The Bertz CT molecular complexity index is 1270. The van der Waals surface area contributed by atoms with Crippen molar-refractivity contribution in [3.63, 3.8) is 0 Å².